The van der Waals surface area contributed by atoms with Crippen molar-refractivity contribution >= 4 is 35.8 Å². The van der Waals surface area contributed by atoms with Crippen molar-refractivity contribution in [2.45, 2.75) is 58.9 Å². The van der Waals surface area contributed by atoms with Gasteiger partial charge in [0.25, 0.3) is 0 Å². The van der Waals surface area contributed by atoms with Crippen molar-refractivity contribution in [1.82, 2.24) is 30.3 Å². The third kappa shape index (κ3) is 9.60. The van der Waals surface area contributed by atoms with E-state index in [1.54, 1.807) is 6.33 Å². The first kappa shape index (κ1) is 25.4. The molecule has 2 heterocycles. The molecule has 0 unspecified atom stereocenters. The number of aryl methyl sites for hydroxylation is 1. The number of halogens is 1. The Bertz CT molecular complexity index is 659. The quantitative estimate of drug-likeness (QED) is 0.164. The van der Waals surface area contributed by atoms with Gasteiger partial charge in [0.05, 0.1) is 6.54 Å². The van der Waals surface area contributed by atoms with Crippen molar-refractivity contribution in [3.05, 3.63) is 24.3 Å². The molecular weight excluding hydrogens is 481 g/mol. The van der Waals surface area contributed by atoms with E-state index in [2.05, 4.69) is 39.3 Å². The summed E-state index contributed by atoms with van der Waals surface area (Å²) in [5.41, 5.74) is 1.02. The van der Waals surface area contributed by atoms with Crippen LogP contribution in [-0.4, -0.2) is 64.3 Å². The molecule has 2 N–H and O–H groups in total. The first-order valence-electron chi connectivity index (χ1n) is 10.4. The predicted molar refractivity (Wildman–Crippen MR) is 128 cm³/mol. The van der Waals surface area contributed by atoms with Crippen LogP contribution >= 0.6 is 24.0 Å². The number of hydrogen-bond donors (Lipinski definition) is 2. The minimum Gasteiger partial charge on any atom is -0.356 e. The summed E-state index contributed by atoms with van der Waals surface area (Å²) in [6, 6.07) is 0. The number of carbonyl (C=O) groups is 1. The van der Waals surface area contributed by atoms with Crippen LogP contribution in [0, 0.1) is 0 Å². The van der Waals surface area contributed by atoms with Crippen molar-refractivity contribution < 1.29 is 4.79 Å². The number of carbonyl (C=O) groups excluding carboxylic acids is 1. The molecule has 29 heavy (non-hydrogen) atoms. The summed E-state index contributed by atoms with van der Waals surface area (Å²) in [5.74, 6) is 2.06. The summed E-state index contributed by atoms with van der Waals surface area (Å²) in [6.07, 6.45) is 7.54. The molecule has 0 aromatic carbocycles. The summed E-state index contributed by atoms with van der Waals surface area (Å²) < 4.78 is 2.05. The summed E-state index contributed by atoms with van der Waals surface area (Å²) in [5, 5.41) is 14.8. The average Bonchev–Trinajstić information content (AvgIpc) is 3.03. The van der Waals surface area contributed by atoms with Gasteiger partial charge in [0.15, 0.2) is 5.96 Å². The topological polar surface area (TPSA) is 87.4 Å². The largest absolute Gasteiger partial charge is 0.356 e. The molecule has 164 valence electrons. The number of amides is 1. The van der Waals surface area contributed by atoms with E-state index < -0.39 is 0 Å². The highest BCUT2D eigenvalue weighted by molar-refractivity contribution is 14.0. The SMILES string of the molecule is C=C(C)CN=C(NCCCN1CCCCCC1=O)NCCn1cnnc1CC.I. The predicted octanol–water partition coefficient (Wildman–Crippen LogP) is 2.36. The second kappa shape index (κ2) is 14.4. The molecule has 1 amide bonds. The van der Waals surface area contributed by atoms with Crippen LogP contribution in [0.25, 0.3) is 0 Å². The van der Waals surface area contributed by atoms with Crippen LogP contribution in [0.1, 0.15) is 51.8 Å². The third-order valence-corrected chi connectivity index (χ3v) is 4.73. The molecule has 0 spiro atoms. The van der Waals surface area contributed by atoms with Crippen molar-refractivity contribution in [1.29, 1.82) is 0 Å². The third-order valence-electron chi connectivity index (χ3n) is 4.73. The van der Waals surface area contributed by atoms with Gasteiger partial charge in [0.2, 0.25) is 5.91 Å². The number of nitrogens with one attached hydrogen (secondary N) is 2. The number of hydrogen-bond acceptors (Lipinski definition) is 4. The molecule has 9 heteroatoms. The lowest BCUT2D eigenvalue weighted by Gasteiger charge is -2.21. The first-order valence-corrected chi connectivity index (χ1v) is 10.4. The van der Waals surface area contributed by atoms with Crippen LogP contribution in [0.15, 0.2) is 23.5 Å². The Morgan fingerprint density at radius 3 is 2.79 bits per heavy atom. The molecule has 2 rings (SSSR count). The zero-order valence-electron chi connectivity index (χ0n) is 17.8. The molecule has 1 fully saturated rings. The summed E-state index contributed by atoms with van der Waals surface area (Å²) in [7, 11) is 0. The van der Waals surface area contributed by atoms with Gasteiger partial charge in [-0.15, -0.1) is 34.2 Å². The Kier molecular flexibility index (Phi) is 12.6. The number of aromatic nitrogens is 3. The molecule has 0 radical (unpaired) electrons. The van der Waals surface area contributed by atoms with Gasteiger partial charge in [0, 0.05) is 45.6 Å². The maximum atomic E-state index is 12.1. The molecule has 1 aromatic rings. The molecule has 8 nitrogen and oxygen atoms in total. The van der Waals surface area contributed by atoms with Gasteiger partial charge in [-0.25, -0.2) is 4.99 Å². The molecule has 0 bridgehead atoms. The zero-order chi connectivity index (χ0) is 20.2. The number of nitrogens with zero attached hydrogens (tertiary/aromatic N) is 5. The van der Waals surface area contributed by atoms with Gasteiger partial charge < -0.3 is 20.1 Å². The van der Waals surface area contributed by atoms with Gasteiger partial charge >= 0.3 is 0 Å². The van der Waals surface area contributed by atoms with Crippen molar-refractivity contribution in [2.75, 3.05) is 32.7 Å². The van der Waals surface area contributed by atoms with E-state index in [0.717, 1.165) is 82.2 Å². The number of rotatable bonds is 10. The van der Waals surface area contributed by atoms with Crippen LogP contribution in [-0.2, 0) is 17.8 Å². The molecule has 0 atom stereocenters. The highest BCUT2D eigenvalue weighted by Crippen LogP contribution is 2.11. The summed E-state index contributed by atoms with van der Waals surface area (Å²) in [4.78, 5) is 18.7. The highest BCUT2D eigenvalue weighted by Gasteiger charge is 2.15. The zero-order valence-corrected chi connectivity index (χ0v) is 20.2. The lowest BCUT2D eigenvalue weighted by molar-refractivity contribution is -0.130. The fourth-order valence-electron chi connectivity index (χ4n) is 3.17. The van der Waals surface area contributed by atoms with Gasteiger partial charge in [-0.1, -0.05) is 25.5 Å². The number of aliphatic imine (C=N–C) groups is 1. The fourth-order valence-corrected chi connectivity index (χ4v) is 3.17. The minimum absolute atomic E-state index is 0. The maximum Gasteiger partial charge on any atom is 0.222 e. The van der Waals surface area contributed by atoms with E-state index in [1.165, 1.54) is 0 Å². The van der Waals surface area contributed by atoms with E-state index in [0.29, 0.717) is 18.9 Å². The van der Waals surface area contributed by atoms with Crippen molar-refractivity contribution in [2.24, 2.45) is 4.99 Å². The Labute approximate surface area is 191 Å². The van der Waals surface area contributed by atoms with Crippen LogP contribution in [0.2, 0.25) is 0 Å². The Hall–Kier alpha value is -1.65. The molecule has 1 aromatic heterocycles. The summed E-state index contributed by atoms with van der Waals surface area (Å²) >= 11 is 0. The molecular formula is C20H36IN7O. The molecule has 0 aliphatic carbocycles. The molecule has 0 saturated carbocycles. The van der Waals surface area contributed by atoms with E-state index in [1.807, 2.05) is 16.4 Å². The van der Waals surface area contributed by atoms with E-state index in [4.69, 9.17) is 0 Å². The first-order chi connectivity index (χ1) is 13.6. The van der Waals surface area contributed by atoms with E-state index in [-0.39, 0.29) is 24.0 Å². The fraction of sp³-hybridized carbons (Fsp3) is 0.700. The number of likely N-dealkylation sites (tertiary alicyclic amines) is 1. The van der Waals surface area contributed by atoms with Gasteiger partial charge in [-0.3, -0.25) is 4.79 Å². The van der Waals surface area contributed by atoms with Gasteiger partial charge in [0.1, 0.15) is 12.2 Å². The van der Waals surface area contributed by atoms with Crippen molar-refractivity contribution in [3.8, 4) is 0 Å². The molecule has 1 aliphatic heterocycles. The highest BCUT2D eigenvalue weighted by atomic mass is 127. The lowest BCUT2D eigenvalue weighted by Crippen LogP contribution is -2.41. The van der Waals surface area contributed by atoms with Crippen LogP contribution < -0.4 is 10.6 Å². The van der Waals surface area contributed by atoms with Crippen LogP contribution in [0.3, 0.4) is 0 Å². The molecule has 1 aliphatic rings. The Morgan fingerprint density at radius 2 is 2.03 bits per heavy atom. The maximum absolute atomic E-state index is 12.1. The lowest BCUT2D eigenvalue weighted by atomic mass is 10.2. The Morgan fingerprint density at radius 1 is 1.24 bits per heavy atom. The second-order valence-electron chi connectivity index (χ2n) is 7.31. The van der Waals surface area contributed by atoms with Gasteiger partial charge in [-0.2, -0.15) is 0 Å². The van der Waals surface area contributed by atoms with Crippen LogP contribution in [0.5, 0.6) is 0 Å². The standard InChI is InChI=1S/C20H35N7O.HI/c1-4-18-25-24-16-27(18)14-11-22-20(23-15-17(2)3)21-10-8-13-26-12-7-5-6-9-19(26)28;/h16H,2,4-15H2,1,3H3,(H2,21,22,23);1H. The van der Waals surface area contributed by atoms with Crippen LogP contribution in [0.4, 0.5) is 0 Å². The average molecular weight is 517 g/mol. The second-order valence-corrected chi connectivity index (χ2v) is 7.31. The minimum atomic E-state index is 0. The van der Waals surface area contributed by atoms with E-state index >= 15 is 0 Å². The normalized spacial score (nSPS) is 14.9. The van der Waals surface area contributed by atoms with E-state index in [9.17, 15) is 4.79 Å². The summed E-state index contributed by atoms with van der Waals surface area (Å²) in [6.45, 7) is 12.5. The monoisotopic (exact) mass is 517 g/mol. The molecule has 1 saturated heterocycles. The smallest absolute Gasteiger partial charge is 0.222 e. The number of guanidine groups is 1. The van der Waals surface area contributed by atoms with Gasteiger partial charge in [-0.05, 0) is 26.2 Å². The van der Waals surface area contributed by atoms with Crippen molar-refractivity contribution in [3.63, 3.8) is 0 Å². The Balaban J connectivity index is 0.00000420.